The lowest BCUT2D eigenvalue weighted by Crippen LogP contribution is -2.29. The SMILES string of the molecule is CCOC(=O)c1cc(-c2ccccc2)nn(CC#N)c1=O. The summed E-state index contributed by atoms with van der Waals surface area (Å²) in [6, 6.07) is 12.3. The van der Waals surface area contributed by atoms with E-state index in [9.17, 15) is 9.59 Å². The first-order valence-electron chi connectivity index (χ1n) is 6.39. The molecule has 1 aromatic heterocycles. The average molecular weight is 283 g/mol. The van der Waals surface area contributed by atoms with E-state index in [-0.39, 0.29) is 18.7 Å². The second-order valence-corrected chi connectivity index (χ2v) is 4.15. The number of rotatable bonds is 4. The van der Waals surface area contributed by atoms with E-state index in [1.165, 1.54) is 6.07 Å². The highest BCUT2D eigenvalue weighted by Crippen LogP contribution is 2.16. The molecule has 0 aliphatic rings. The average Bonchev–Trinajstić information content (AvgIpc) is 2.50. The quantitative estimate of drug-likeness (QED) is 0.796. The molecule has 0 saturated carbocycles. The van der Waals surface area contributed by atoms with Crippen molar-refractivity contribution in [3.05, 3.63) is 52.3 Å². The summed E-state index contributed by atoms with van der Waals surface area (Å²) >= 11 is 0. The molecule has 0 radical (unpaired) electrons. The van der Waals surface area contributed by atoms with Crippen LogP contribution in [0.4, 0.5) is 0 Å². The fourth-order valence-electron chi connectivity index (χ4n) is 1.82. The number of nitriles is 1. The van der Waals surface area contributed by atoms with Gasteiger partial charge in [0, 0.05) is 5.56 Å². The third-order valence-electron chi connectivity index (χ3n) is 2.76. The molecule has 0 N–H and O–H groups in total. The van der Waals surface area contributed by atoms with Gasteiger partial charge in [-0.15, -0.1) is 0 Å². The van der Waals surface area contributed by atoms with Gasteiger partial charge in [0.15, 0.2) is 0 Å². The summed E-state index contributed by atoms with van der Waals surface area (Å²) in [6.07, 6.45) is 0. The lowest BCUT2D eigenvalue weighted by atomic mass is 10.1. The van der Waals surface area contributed by atoms with Crippen molar-refractivity contribution < 1.29 is 9.53 Å². The van der Waals surface area contributed by atoms with Gasteiger partial charge in [-0.05, 0) is 13.0 Å². The van der Waals surface area contributed by atoms with Crippen molar-refractivity contribution in [2.45, 2.75) is 13.5 Å². The summed E-state index contributed by atoms with van der Waals surface area (Å²) in [5, 5.41) is 12.9. The van der Waals surface area contributed by atoms with Crippen molar-refractivity contribution in [2.75, 3.05) is 6.61 Å². The summed E-state index contributed by atoms with van der Waals surface area (Å²) in [5.41, 5.74) is 0.430. The van der Waals surface area contributed by atoms with Gasteiger partial charge >= 0.3 is 5.97 Å². The van der Waals surface area contributed by atoms with Crippen LogP contribution in [0.5, 0.6) is 0 Å². The normalized spacial score (nSPS) is 9.90. The van der Waals surface area contributed by atoms with Gasteiger partial charge in [-0.25, -0.2) is 9.48 Å². The highest BCUT2D eigenvalue weighted by Gasteiger charge is 2.17. The molecule has 0 amide bonds. The molecule has 1 heterocycles. The third kappa shape index (κ3) is 3.15. The van der Waals surface area contributed by atoms with Gasteiger partial charge in [0.1, 0.15) is 12.1 Å². The zero-order valence-electron chi connectivity index (χ0n) is 11.4. The van der Waals surface area contributed by atoms with Crippen molar-refractivity contribution in [3.63, 3.8) is 0 Å². The van der Waals surface area contributed by atoms with Gasteiger partial charge in [0.2, 0.25) is 0 Å². The Morgan fingerprint density at radius 1 is 1.38 bits per heavy atom. The molecule has 0 aliphatic heterocycles. The summed E-state index contributed by atoms with van der Waals surface area (Å²) in [6.45, 7) is 1.59. The second kappa shape index (κ2) is 6.48. The van der Waals surface area contributed by atoms with Crippen molar-refractivity contribution in [1.82, 2.24) is 9.78 Å². The standard InChI is InChI=1S/C15H13N3O3/c1-2-21-15(20)12-10-13(11-6-4-3-5-7-11)17-18(9-8-16)14(12)19/h3-7,10H,2,9H2,1H3. The first kappa shape index (κ1) is 14.5. The predicted molar refractivity (Wildman–Crippen MR) is 75.5 cm³/mol. The molecule has 0 spiro atoms. The number of nitrogens with zero attached hydrogens (tertiary/aromatic N) is 3. The number of carbonyl (C=O) groups excluding carboxylic acids is 1. The van der Waals surface area contributed by atoms with Gasteiger partial charge in [-0.2, -0.15) is 10.4 Å². The van der Waals surface area contributed by atoms with Gasteiger partial charge in [-0.1, -0.05) is 30.3 Å². The smallest absolute Gasteiger partial charge is 0.343 e. The largest absolute Gasteiger partial charge is 0.462 e. The lowest BCUT2D eigenvalue weighted by molar-refractivity contribution is 0.0523. The van der Waals surface area contributed by atoms with Crippen LogP contribution in [0.2, 0.25) is 0 Å². The monoisotopic (exact) mass is 283 g/mol. The maximum absolute atomic E-state index is 12.1. The Hall–Kier alpha value is -2.94. The number of hydrogen-bond donors (Lipinski definition) is 0. The van der Waals surface area contributed by atoms with E-state index in [4.69, 9.17) is 10.00 Å². The Morgan fingerprint density at radius 2 is 2.10 bits per heavy atom. The number of carbonyl (C=O) groups is 1. The topological polar surface area (TPSA) is 85.0 Å². The number of aromatic nitrogens is 2. The van der Waals surface area contributed by atoms with E-state index in [1.54, 1.807) is 19.1 Å². The summed E-state index contributed by atoms with van der Waals surface area (Å²) < 4.78 is 5.84. The van der Waals surface area contributed by atoms with Crippen LogP contribution in [-0.2, 0) is 11.3 Å². The lowest BCUT2D eigenvalue weighted by Gasteiger charge is -2.08. The van der Waals surface area contributed by atoms with Gasteiger partial charge in [-0.3, -0.25) is 4.79 Å². The molecule has 2 aromatic rings. The Labute approximate surface area is 121 Å². The molecule has 21 heavy (non-hydrogen) atoms. The number of ether oxygens (including phenoxy) is 1. The molecule has 0 aliphatic carbocycles. The second-order valence-electron chi connectivity index (χ2n) is 4.15. The van der Waals surface area contributed by atoms with Crippen LogP contribution in [0, 0.1) is 11.3 Å². The molecule has 0 atom stereocenters. The van der Waals surface area contributed by atoms with Crippen LogP contribution in [0.3, 0.4) is 0 Å². The van der Waals surface area contributed by atoms with Crippen LogP contribution in [0.15, 0.2) is 41.2 Å². The molecule has 1 aromatic carbocycles. The first-order valence-corrected chi connectivity index (χ1v) is 6.39. The molecular formula is C15H13N3O3. The Bertz CT molecular complexity index is 745. The van der Waals surface area contributed by atoms with Crippen molar-refractivity contribution >= 4 is 5.97 Å². The molecule has 2 rings (SSSR count). The van der Waals surface area contributed by atoms with Crippen LogP contribution >= 0.6 is 0 Å². The van der Waals surface area contributed by atoms with E-state index in [0.717, 1.165) is 10.2 Å². The first-order chi connectivity index (χ1) is 10.2. The van der Waals surface area contributed by atoms with E-state index in [0.29, 0.717) is 5.69 Å². The molecule has 0 bridgehead atoms. The summed E-state index contributed by atoms with van der Waals surface area (Å²) in [5.74, 6) is -0.714. The van der Waals surface area contributed by atoms with Gasteiger partial charge in [0.25, 0.3) is 5.56 Å². The molecule has 6 nitrogen and oxygen atoms in total. The highest BCUT2D eigenvalue weighted by atomic mass is 16.5. The molecule has 0 unspecified atom stereocenters. The van der Waals surface area contributed by atoms with Crippen molar-refractivity contribution in [1.29, 1.82) is 5.26 Å². The Kier molecular flexibility index (Phi) is 4.46. The maximum Gasteiger partial charge on any atom is 0.343 e. The zero-order chi connectivity index (χ0) is 15.2. The van der Waals surface area contributed by atoms with Gasteiger partial charge < -0.3 is 4.74 Å². The molecule has 106 valence electrons. The maximum atomic E-state index is 12.1. The van der Waals surface area contributed by atoms with E-state index in [2.05, 4.69) is 5.10 Å². The van der Waals surface area contributed by atoms with Crippen molar-refractivity contribution in [3.8, 4) is 17.3 Å². The van der Waals surface area contributed by atoms with E-state index < -0.39 is 11.5 Å². The van der Waals surface area contributed by atoms with Crippen LogP contribution in [0.25, 0.3) is 11.3 Å². The fourth-order valence-corrected chi connectivity index (χ4v) is 1.82. The Morgan fingerprint density at radius 3 is 2.71 bits per heavy atom. The number of benzene rings is 1. The van der Waals surface area contributed by atoms with Gasteiger partial charge in [0.05, 0.1) is 18.4 Å². The molecule has 6 heteroatoms. The van der Waals surface area contributed by atoms with Crippen LogP contribution in [-0.4, -0.2) is 22.4 Å². The minimum atomic E-state index is -0.714. The minimum Gasteiger partial charge on any atom is -0.462 e. The Balaban J connectivity index is 2.60. The number of esters is 1. The predicted octanol–water partition coefficient (Wildman–Crippen LogP) is 1.61. The summed E-state index contributed by atoms with van der Waals surface area (Å²) in [4.78, 5) is 24.0. The number of hydrogen-bond acceptors (Lipinski definition) is 5. The zero-order valence-corrected chi connectivity index (χ0v) is 11.4. The summed E-state index contributed by atoms with van der Waals surface area (Å²) in [7, 11) is 0. The molecule has 0 saturated heterocycles. The van der Waals surface area contributed by atoms with Crippen LogP contribution < -0.4 is 5.56 Å². The highest BCUT2D eigenvalue weighted by molar-refractivity contribution is 5.90. The van der Waals surface area contributed by atoms with Crippen LogP contribution in [0.1, 0.15) is 17.3 Å². The third-order valence-corrected chi connectivity index (χ3v) is 2.76. The molecular weight excluding hydrogens is 270 g/mol. The molecule has 0 fully saturated rings. The fraction of sp³-hybridized carbons (Fsp3) is 0.200. The van der Waals surface area contributed by atoms with E-state index in [1.807, 2.05) is 24.3 Å². The van der Waals surface area contributed by atoms with E-state index >= 15 is 0 Å². The van der Waals surface area contributed by atoms with Crippen molar-refractivity contribution in [2.24, 2.45) is 0 Å². The minimum absolute atomic E-state index is 0.124.